The van der Waals surface area contributed by atoms with Gasteiger partial charge in [-0.05, 0) is 0 Å². The van der Waals surface area contributed by atoms with Crippen molar-refractivity contribution in [1.29, 1.82) is 0 Å². The van der Waals surface area contributed by atoms with Crippen molar-refractivity contribution in [3.63, 3.8) is 0 Å². The molecule has 1 heterocycles. The van der Waals surface area contributed by atoms with Crippen molar-refractivity contribution in [3.8, 4) is 5.88 Å². The average molecular weight is 204 g/mol. The van der Waals surface area contributed by atoms with Crippen LogP contribution in [0.5, 0.6) is 5.88 Å². The Morgan fingerprint density at radius 3 is 2.71 bits per heavy atom. The summed E-state index contributed by atoms with van der Waals surface area (Å²) in [5.41, 5.74) is -1.31. The van der Waals surface area contributed by atoms with Crippen molar-refractivity contribution in [1.82, 2.24) is 9.97 Å². The number of carboxylic acids is 1. The molecule has 0 aliphatic carbocycles. The third-order valence-electron chi connectivity index (χ3n) is 1.38. The van der Waals surface area contributed by atoms with Crippen molar-refractivity contribution in [3.05, 3.63) is 17.6 Å². The lowest BCUT2D eigenvalue weighted by Crippen LogP contribution is -2.08. The zero-order valence-electron chi connectivity index (χ0n) is 7.07. The Bertz CT molecular complexity index is 357. The maximum atomic E-state index is 12.1. The van der Waals surface area contributed by atoms with Crippen molar-refractivity contribution in [2.45, 2.75) is 6.43 Å². The van der Waals surface area contributed by atoms with Gasteiger partial charge in [-0.1, -0.05) is 0 Å². The first-order valence-corrected chi connectivity index (χ1v) is 3.48. The smallest absolute Gasteiger partial charge is 0.360 e. The number of hydrogen-bond donors (Lipinski definition) is 1. The second-order valence-electron chi connectivity index (χ2n) is 2.26. The number of rotatable bonds is 3. The van der Waals surface area contributed by atoms with Crippen LogP contribution in [0, 0.1) is 0 Å². The maximum Gasteiger partial charge on any atom is 0.360 e. The van der Waals surface area contributed by atoms with Crippen molar-refractivity contribution in [2.75, 3.05) is 7.11 Å². The molecule has 7 heteroatoms. The zero-order valence-corrected chi connectivity index (χ0v) is 7.07. The minimum absolute atomic E-state index is 0.290. The Labute approximate surface area is 77.4 Å². The summed E-state index contributed by atoms with van der Waals surface area (Å²) in [5, 5.41) is 8.58. The molecule has 14 heavy (non-hydrogen) atoms. The fourth-order valence-corrected chi connectivity index (χ4v) is 0.786. The molecule has 0 aliphatic rings. The first-order chi connectivity index (χ1) is 6.56. The van der Waals surface area contributed by atoms with E-state index in [1.165, 1.54) is 7.11 Å². The van der Waals surface area contributed by atoms with Crippen molar-refractivity contribution >= 4 is 5.97 Å². The predicted octanol–water partition coefficient (Wildman–Crippen LogP) is 1.12. The molecule has 0 aliphatic heterocycles. The topological polar surface area (TPSA) is 72.3 Å². The molecule has 76 valence electrons. The lowest BCUT2D eigenvalue weighted by Gasteiger charge is -2.04. The van der Waals surface area contributed by atoms with Gasteiger partial charge in [-0.25, -0.2) is 23.5 Å². The van der Waals surface area contributed by atoms with E-state index >= 15 is 0 Å². The van der Waals surface area contributed by atoms with Gasteiger partial charge in [0, 0.05) is 0 Å². The highest BCUT2D eigenvalue weighted by molar-refractivity contribution is 5.87. The largest absolute Gasteiger partial charge is 0.479 e. The molecule has 1 N–H and O–H groups in total. The molecule has 0 amide bonds. The third-order valence-corrected chi connectivity index (χ3v) is 1.38. The standard InChI is InChI=1S/C7H6F2N2O3/c1-14-6-4(7(12)13)11-3(2-10-6)5(8)9/h2,5H,1H3,(H,12,13). The van der Waals surface area contributed by atoms with Crippen LogP contribution in [0.15, 0.2) is 6.20 Å². The molecule has 1 aromatic heterocycles. The van der Waals surface area contributed by atoms with Crippen LogP contribution in [-0.4, -0.2) is 28.2 Å². The lowest BCUT2D eigenvalue weighted by molar-refractivity contribution is 0.0683. The average Bonchev–Trinajstić information content (AvgIpc) is 2.16. The molecular weight excluding hydrogens is 198 g/mol. The van der Waals surface area contributed by atoms with E-state index in [9.17, 15) is 13.6 Å². The summed E-state index contributed by atoms with van der Waals surface area (Å²) in [6, 6.07) is 0. The number of hydrogen-bond acceptors (Lipinski definition) is 4. The molecule has 0 bridgehead atoms. The van der Waals surface area contributed by atoms with Gasteiger partial charge in [0.25, 0.3) is 6.43 Å². The van der Waals surface area contributed by atoms with E-state index in [1.807, 2.05) is 0 Å². The van der Waals surface area contributed by atoms with Crippen LogP contribution in [-0.2, 0) is 0 Å². The number of halogens is 2. The van der Waals surface area contributed by atoms with Gasteiger partial charge in [0.2, 0.25) is 11.6 Å². The highest BCUT2D eigenvalue weighted by Crippen LogP contribution is 2.19. The van der Waals surface area contributed by atoms with Gasteiger partial charge in [0.1, 0.15) is 5.69 Å². The normalized spacial score (nSPS) is 10.3. The summed E-state index contributed by atoms with van der Waals surface area (Å²) in [6.45, 7) is 0. The number of methoxy groups -OCH3 is 1. The monoisotopic (exact) mass is 204 g/mol. The van der Waals surface area contributed by atoms with Crippen LogP contribution in [0.4, 0.5) is 8.78 Å². The SMILES string of the molecule is COc1ncc(C(F)F)nc1C(=O)O. The fourth-order valence-electron chi connectivity index (χ4n) is 0.786. The maximum absolute atomic E-state index is 12.1. The minimum Gasteiger partial charge on any atom is -0.479 e. The molecule has 1 aromatic rings. The molecule has 0 spiro atoms. The number of alkyl halides is 2. The molecule has 0 radical (unpaired) electrons. The summed E-state index contributed by atoms with van der Waals surface area (Å²) >= 11 is 0. The van der Waals surface area contributed by atoms with Gasteiger partial charge in [-0.3, -0.25) is 0 Å². The fraction of sp³-hybridized carbons (Fsp3) is 0.286. The van der Waals surface area contributed by atoms with Crippen LogP contribution in [0.2, 0.25) is 0 Å². The van der Waals surface area contributed by atoms with Crippen LogP contribution in [0.1, 0.15) is 22.6 Å². The van der Waals surface area contributed by atoms with Gasteiger partial charge in [0.15, 0.2) is 0 Å². The number of aromatic carboxylic acids is 1. The molecule has 0 saturated carbocycles. The van der Waals surface area contributed by atoms with E-state index in [2.05, 4.69) is 14.7 Å². The summed E-state index contributed by atoms with van der Waals surface area (Å²) in [6.07, 6.45) is -2.08. The van der Waals surface area contributed by atoms with E-state index < -0.39 is 23.8 Å². The second kappa shape index (κ2) is 3.95. The van der Waals surface area contributed by atoms with Crippen LogP contribution < -0.4 is 4.74 Å². The van der Waals surface area contributed by atoms with Crippen LogP contribution in [0.25, 0.3) is 0 Å². The Morgan fingerprint density at radius 2 is 2.29 bits per heavy atom. The van der Waals surface area contributed by atoms with Gasteiger partial charge >= 0.3 is 5.97 Å². The van der Waals surface area contributed by atoms with Gasteiger partial charge in [-0.2, -0.15) is 0 Å². The third kappa shape index (κ3) is 1.93. The Balaban J connectivity index is 3.21. The lowest BCUT2D eigenvalue weighted by atomic mass is 10.4. The van der Waals surface area contributed by atoms with Crippen LogP contribution >= 0.6 is 0 Å². The molecule has 0 atom stereocenters. The number of aromatic nitrogens is 2. The zero-order chi connectivity index (χ0) is 10.7. The molecule has 0 fully saturated rings. The van der Waals surface area contributed by atoms with E-state index in [4.69, 9.17) is 5.11 Å². The quantitative estimate of drug-likeness (QED) is 0.798. The molecule has 0 aromatic carbocycles. The summed E-state index contributed by atoms with van der Waals surface area (Å²) in [4.78, 5) is 17.1. The molecule has 5 nitrogen and oxygen atoms in total. The predicted molar refractivity (Wildman–Crippen MR) is 40.5 cm³/mol. The first-order valence-electron chi connectivity index (χ1n) is 3.48. The van der Waals surface area contributed by atoms with Crippen molar-refractivity contribution in [2.24, 2.45) is 0 Å². The van der Waals surface area contributed by atoms with E-state index in [0.717, 1.165) is 6.20 Å². The first kappa shape index (κ1) is 10.3. The molecular formula is C7H6F2N2O3. The van der Waals surface area contributed by atoms with E-state index in [0.29, 0.717) is 0 Å². The van der Waals surface area contributed by atoms with E-state index in [1.54, 1.807) is 0 Å². The molecule has 0 unspecified atom stereocenters. The number of carboxylic acid groups (broad SMARTS) is 1. The highest BCUT2D eigenvalue weighted by atomic mass is 19.3. The van der Waals surface area contributed by atoms with Crippen molar-refractivity contribution < 1.29 is 23.4 Å². The van der Waals surface area contributed by atoms with Crippen LogP contribution in [0.3, 0.4) is 0 Å². The van der Waals surface area contributed by atoms with E-state index in [-0.39, 0.29) is 5.88 Å². The second-order valence-corrected chi connectivity index (χ2v) is 2.26. The van der Waals surface area contributed by atoms with Gasteiger partial charge < -0.3 is 9.84 Å². The highest BCUT2D eigenvalue weighted by Gasteiger charge is 2.18. The van der Waals surface area contributed by atoms with Gasteiger partial charge in [-0.15, -0.1) is 0 Å². The molecule has 1 rings (SSSR count). The Hall–Kier alpha value is -1.79. The number of carbonyl (C=O) groups is 1. The summed E-state index contributed by atoms with van der Waals surface area (Å²) in [5.74, 6) is -1.75. The summed E-state index contributed by atoms with van der Waals surface area (Å²) < 4.78 is 28.8. The minimum atomic E-state index is -2.86. The number of nitrogens with zero attached hydrogens (tertiary/aromatic N) is 2. The van der Waals surface area contributed by atoms with Gasteiger partial charge in [0.05, 0.1) is 13.3 Å². The number of ether oxygens (including phenoxy) is 1. The Kier molecular flexibility index (Phi) is 2.90. The Morgan fingerprint density at radius 1 is 1.64 bits per heavy atom. The summed E-state index contributed by atoms with van der Waals surface area (Å²) in [7, 11) is 1.18. The molecule has 0 saturated heterocycles.